The lowest BCUT2D eigenvalue weighted by Crippen LogP contribution is -2.60. The third kappa shape index (κ3) is 8.49. The number of para-hydroxylation sites is 1. The molecule has 1 unspecified atom stereocenters. The van der Waals surface area contributed by atoms with E-state index in [1.807, 2.05) is 18.2 Å². The summed E-state index contributed by atoms with van der Waals surface area (Å²) in [5.74, 6) is -13.7. The van der Waals surface area contributed by atoms with Crippen LogP contribution in [0, 0.1) is 23.7 Å². The number of hydrogen-bond donors (Lipinski definition) is 2. The van der Waals surface area contributed by atoms with Crippen molar-refractivity contribution in [2.75, 3.05) is 20.7 Å². The molecule has 308 valence electrons. The van der Waals surface area contributed by atoms with Gasteiger partial charge in [-0.3, -0.25) is 19.6 Å². The SMILES string of the molecule is CC[C@H]1OC(=O)C(F)(F)C(=O)[C@H](C)[C@@H](O[C@@H]2O[C@H](C)C[C@H](N(C)C)[C@H]2O)[C@@H](C)[C@@H](OC/C=C/c2cccc3nccnc23)[C@@H](C)C(=O)[C@H](C)C2NC(=O)O[C@@]21C. The Morgan fingerprint density at radius 3 is 2.39 bits per heavy atom. The first-order chi connectivity index (χ1) is 26.3. The summed E-state index contributed by atoms with van der Waals surface area (Å²) in [4.78, 5) is 65.0. The maximum absolute atomic E-state index is 16.1. The molecule has 3 aliphatic heterocycles. The van der Waals surface area contributed by atoms with E-state index in [9.17, 15) is 24.3 Å². The van der Waals surface area contributed by atoms with E-state index in [1.54, 1.807) is 78.2 Å². The highest BCUT2D eigenvalue weighted by atomic mass is 19.3. The molecule has 1 aromatic carbocycles. The summed E-state index contributed by atoms with van der Waals surface area (Å²) in [5.41, 5.74) is 0.332. The second-order valence-electron chi connectivity index (χ2n) is 15.7. The highest BCUT2D eigenvalue weighted by Gasteiger charge is 2.60. The number of rotatable bonds is 8. The molecule has 0 saturated carbocycles. The number of alkyl halides is 2. The Labute approximate surface area is 325 Å². The number of nitrogens with one attached hydrogen (secondary N) is 1. The van der Waals surface area contributed by atoms with Gasteiger partial charge in [0.1, 0.15) is 18.0 Å². The number of ketones is 2. The maximum atomic E-state index is 16.1. The van der Waals surface area contributed by atoms with Crippen LogP contribution in [-0.4, -0.2) is 125 Å². The summed E-state index contributed by atoms with van der Waals surface area (Å²) in [6.07, 6.45) is -1.01. The molecule has 1 aromatic heterocycles. The molecule has 56 heavy (non-hydrogen) atoms. The molecule has 3 aliphatic rings. The molecular formula is C40H54F2N4O10. The Bertz CT molecular complexity index is 1790. The number of cyclic esters (lactones) is 1. The Kier molecular flexibility index (Phi) is 13.3. The zero-order chi connectivity index (χ0) is 41.3. The standard InChI is InChI=1S/C40H54F2N4O10/c1-10-28-39(7)34(45-38(51)56-39)22(4)30(47)21(3)32(52-18-12-14-25-13-11-15-26-29(25)44-17-16-43-26)23(5)33(24(6)35(49)40(41,42)37(50)54-28)55-36-31(48)27(46(8)9)19-20(2)53-36/h11-17,20-24,27-28,31-34,36,48H,10,18-19H2,1-9H3,(H,45,51)/b14-12+/t20-,21+,22+,23+,24-,27+,28-,31-,32+,33+,34?,36+,39-/m1/s1. The summed E-state index contributed by atoms with van der Waals surface area (Å²) in [7, 11) is 3.54. The van der Waals surface area contributed by atoms with Crippen molar-refractivity contribution >= 4 is 40.7 Å². The number of aromatic nitrogens is 2. The number of carbonyl (C=O) groups excluding carboxylic acids is 4. The number of likely N-dealkylation sites (N-methyl/N-ethyl adjacent to an activating group) is 1. The van der Waals surface area contributed by atoms with E-state index in [4.69, 9.17) is 23.7 Å². The molecule has 0 spiro atoms. The van der Waals surface area contributed by atoms with E-state index < -0.39 is 102 Å². The van der Waals surface area contributed by atoms with Crippen molar-refractivity contribution in [3.05, 3.63) is 42.2 Å². The van der Waals surface area contributed by atoms with Crippen LogP contribution in [0.15, 0.2) is 36.7 Å². The van der Waals surface area contributed by atoms with Crippen molar-refractivity contribution in [2.24, 2.45) is 23.7 Å². The predicted octanol–water partition coefficient (Wildman–Crippen LogP) is 4.36. The molecule has 0 aliphatic carbocycles. The third-order valence-corrected chi connectivity index (χ3v) is 11.6. The van der Waals surface area contributed by atoms with E-state index in [1.165, 1.54) is 13.8 Å². The fourth-order valence-corrected chi connectivity index (χ4v) is 8.47. The normalized spacial score (nSPS) is 37.2. The van der Waals surface area contributed by atoms with Crippen LogP contribution < -0.4 is 5.32 Å². The molecule has 14 nitrogen and oxygen atoms in total. The fraction of sp³-hybridized carbons (Fsp3) is 0.650. The average Bonchev–Trinajstić information content (AvgIpc) is 3.48. The number of aliphatic hydroxyl groups is 1. The van der Waals surface area contributed by atoms with Crippen molar-refractivity contribution in [1.82, 2.24) is 20.2 Å². The number of Topliss-reactive ketones (excluding diaryl/α,β-unsaturated/α-hetero) is 2. The number of ether oxygens (including phenoxy) is 5. The van der Waals surface area contributed by atoms with Gasteiger partial charge in [-0.1, -0.05) is 58.9 Å². The summed E-state index contributed by atoms with van der Waals surface area (Å²) < 4.78 is 61.9. The number of amides is 1. The molecule has 5 rings (SSSR count). The molecule has 2 aromatic rings. The van der Waals surface area contributed by atoms with Crippen molar-refractivity contribution in [1.29, 1.82) is 0 Å². The first kappa shape index (κ1) is 43.2. The number of esters is 1. The number of nitrogens with zero attached hydrogens (tertiary/aromatic N) is 3. The highest BCUT2D eigenvalue weighted by molar-refractivity contribution is 6.06. The molecule has 3 saturated heterocycles. The minimum Gasteiger partial charge on any atom is -0.453 e. The number of fused-ring (bicyclic) bond motifs is 2. The summed E-state index contributed by atoms with van der Waals surface area (Å²) in [5, 5.41) is 14.0. The van der Waals surface area contributed by atoms with E-state index in [0.717, 1.165) is 5.56 Å². The zero-order valence-corrected chi connectivity index (χ0v) is 33.3. The second-order valence-corrected chi connectivity index (χ2v) is 15.7. The van der Waals surface area contributed by atoms with Crippen LogP contribution in [0.4, 0.5) is 13.6 Å². The summed E-state index contributed by atoms with van der Waals surface area (Å²) in [6.45, 7) is 10.6. The highest BCUT2D eigenvalue weighted by Crippen LogP contribution is 2.40. The van der Waals surface area contributed by atoms with Gasteiger partial charge in [-0.05, 0) is 46.9 Å². The fourth-order valence-electron chi connectivity index (χ4n) is 8.47. The van der Waals surface area contributed by atoms with Gasteiger partial charge in [0.05, 0.1) is 42.0 Å². The number of hydrogen-bond acceptors (Lipinski definition) is 13. The first-order valence-electron chi connectivity index (χ1n) is 19.1. The van der Waals surface area contributed by atoms with Crippen LogP contribution in [0.2, 0.25) is 0 Å². The van der Waals surface area contributed by atoms with Crippen molar-refractivity contribution in [3.63, 3.8) is 0 Å². The van der Waals surface area contributed by atoms with Crippen LogP contribution in [0.1, 0.15) is 66.9 Å². The largest absolute Gasteiger partial charge is 0.453 e. The number of benzene rings is 1. The van der Waals surface area contributed by atoms with Gasteiger partial charge in [0.2, 0.25) is 5.78 Å². The Morgan fingerprint density at radius 2 is 1.71 bits per heavy atom. The minimum atomic E-state index is -4.67. The number of halogens is 2. The summed E-state index contributed by atoms with van der Waals surface area (Å²) >= 11 is 0. The zero-order valence-electron chi connectivity index (χ0n) is 33.3. The molecule has 2 N–H and O–H groups in total. The molecule has 16 heteroatoms. The molecule has 13 atom stereocenters. The molecule has 3 fully saturated rings. The maximum Gasteiger partial charge on any atom is 0.408 e. The lowest BCUT2D eigenvalue weighted by Gasteiger charge is -2.45. The Morgan fingerprint density at radius 1 is 1.02 bits per heavy atom. The Balaban J connectivity index is 1.58. The topological polar surface area (TPSA) is 176 Å². The van der Waals surface area contributed by atoms with Crippen LogP contribution in [0.3, 0.4) is 0 Å². The average molecular weight is 789 g/mol. The lowest BCUT2D eigenvalue weighted by molar-refractivity contribution is -0.282. The van der Waals surface area contributed by atoms with Gasteiger partial charge in [0, 0.05) is 47.7 Å². The molecule has 0 radical (unpaired) electrons. The quantitative estimate of drug-likeness (QED) is 0.286. The number of alkyl carbamates (subject to hydrolysis) is 1. The van der Waals surface area contributed by atoms with Crippen LogP contribution in [0.5, 0.6) is 0 Å². The van der Waals surface area contributed by atoms with Crippen LogP contribution >= 0.6 is 0 Å². The van der Waals surface area contributed by atoms with Gasteiger partial charge < -0.3 is 39.0 Å². The third-order valence-electron chi connectivity index (χ3n) is 11.6. The van der Waals surface area contributed by atoms with Gasteiger partial charge in [-0.25, -0.2) is 9.59 Å². The van der Waals surface area contributed by atoms with Gasteiger partial charge in [-0.15, -0.1) is 0 Å². The van der Waals surface area contributed by atoms with E-state index in [-0.39, 0.29) is 18.8 Å². The van der Waals surface area contributed by atoms with Crippen LogP contribution in [0.25, 0.3) is 17.1 Å². The number of carbonyl (C=O) groups is 4. The van der Waals surface area contributed by atoms with E-state index in [2.05, 4.69) is 15.3 Å². The lowest BCUT2D eigenvalue weighted by atomic mass is 9.74. The van der Waals surface area contributed by atoms with E-state index in [0.29, 0.717) is 17.5 Å². The van der Waals surface area contributed by atoms with E-state index >= 15 is 8.78 Å². The monoisotopic (exact) mass is 788 g/mol. The van der Waals surface area contributed by atoms with Crippen LogP contribution in [-0.2, 0) is 38.1 Å². The molecule has 0 bridgehead atoms. The predicted molar refractivity (Wildman–Crippen MR) is 199 cm³/mol. The van der Waals surface area contributed by atoms with Gasteiger partial charge >= 0.3 is 18.0 Å². The Hall–Kier alpha value is -3.96. The smallest absolute Gasteiger partial charge is 0.408 e. The molecule has 4 heterocycles. The van der Waals surface area contributed by atoms with Gasteiger partial charge in [0.15, 0.2) is 11.9 Å². The van der Waals surface area contributed by atoms with Crippen molar-refractivity contribution in [2.45, 2.75) is 122 Å². The van der Waals surface area contributed by atoms with Crippen molar-refractivity contribution in [3.8, 4) is 0 Å². The first-order valence-corrected chi connectivity index (χ1v) is 19.1. The second kappa shape index (κ2) is 17.3. The van der Waals surface area contributed by atoms with Gasteiger partial charge in [-0.2, -0.15) is 8.78 Å². The molecular weight excluding hydrogens is 734 g/mol. The summed E-state index contributed by atoms with van der Waals surface area (Å²) in [6, 6.07) is 3.95. The number of aliphatic hydroxyl groups excluding tert-OH is 1. The molecule has 1 amide bonds. The van der Waals surface area contributed by atoms with Gasteiger partial charge in [0.25, 0.3) is 0 Å². The minimum absolute atomic E-state index is 0.0730. The van der Waals surface area contributed by atoms with Crippen molar-refractivity contribution < 1.29 is 56.7 Å².